The van der Waals surface area contributed by atoms with Crippen LogP contribution in [0.2, 0.25) is 0 Å². The van der Waals surface area contributed by atoms with E-state index in [1.54, 1.807) is 29.8 Å². The van der Waals surface area contributed by atoms with Crippen molar-refractivity contribution in [3.63, 3.8) is 0 Å². The molecule has 0 spiro atoms. The average molecular weight is 303 g/mol. The van der Waals surface area contributed by atoms with E-state index in [0.29, 0.717) is 16.5 Å². The third-order valence-corrected chi connectivity index (χ3v) is 3.84. The number of pyridine rings is 1. The van der Waals surface area contributed by atoms with E-state index in [4.69, 9.17) is 9.84 Å². The van der Waals surface area contributed by atoms with Crippen LogP contribution >= 0.6 is 11.3 Å². The van der Waals surface area contributed by atoms with E-state index < -0.39 is 5.97 Å². The van der Waals surface area contributed by atoms with E-state index in [-0.39, 0.29) is 23.1 Å². The molecule has 3 rings (SSSR count). The normalized spacial score (nSPS) is 10.7. The van der Waals surface area contributed by atoms with Crippen molar-refractivity contribution in [1.29, 1.82) is 0 Å². The van der Waals surface area contributed by atoms with Gasteiger partial charge in [-0.1, -0.05) is 6.07 Å². The lowest BCUT2D eigenvalue weighted by Crippen LogP contribution is -2.01. The van der Waals surface area contributed by atoms with Gasteiger partial charge in [-0.2, -0.15) is 0 Å². The third kappa shape index (κ3) is 2.71. The number of carboxylic acid groups (broad SMARTS) is 1. The quantitative estimate of drug-likeness (QED) is 0.798. The van der Waals surface area contributed by atoms with Crippen LogP contribution in [0.5, 0.6) is 5.75 Å². The van der Waals surface area contributed by atoms with Gasteiger partial charge in [0.2, 0.25) is 0 Å². The van der Waals surface area contributed by atoms with Gasteiger partial charge in [-0.3, -0.25) is 4.98 Å². The van der Waals surface area contributed by atoms with Crippen LogP contribution in [0.1, 0.15) is 15.2 Å². The van der Waals surface area contributed by atoms with Crippen LogP contribution in [0, 0.1) is 5.82 Å². The molecular weight excluding hydrogens is 293 g/mol. The summed E-state index contributed by atoms with van der Waals surface area (Å²) in [5, 5.41) is 11.3. The van der Waals surface area contributed by atoms with Crippen molar-refractivity contribution < 1.29 is 19.0 Å². The topological polar surface area (TPSA) is 59.4 Å². The van der Waals surface area contributed by atoms with Crippen molar-refractivity contribution in [2.24, 2.45) is 0 Å². The zero-order valence-corrected chi connectivity index (χ0v) is 11.6. The largest absolute Gasteiger partial charge is 0.487 e. The van der Waals surface area contributed by atoms with Crippen molar-refractivity contribution in [2.45, 2.75) is 6.61 Å². The number of aromatic nitrogens is 1. The van der Waals surface area contributed by atoms with E-state index in [1.807, 2.05) is 0 Å². The maximum Gasteiger partial charge on any atom is 0.349 e. The summed E-state index contributed by atoms with van der Waals surface area (Å²) in [7, 11) is 0. The number of hydrogen-bond acceptors (Lipinski definition) is 4. The molecule has 0 aliphatic heterocycles. The SMILES string of the molecule is O=C(O)c1sccc1OCc1cc(F)cc2cccnc12. The highest BCUT2D eigenvalue weighted by molar-refractivity contribution is 7.12. The molecule has 0 aliphatic rings. The fourth-order valence-electron chi connectivity index (χ4n) is 2.06. The molecule has 2 heterocycles. The van der Waals surface area contributed by atoms with Crippen molar-refractivity contribution in [2.75, 3.05) is 0 Å². The summed E-state index contributed by atoms with van der Waals surface area (Å²) in [4.78, 5) is 15.4. The van der Waals surface area contributed by atoms with Crippen molar-refractivity contribution in [3.8, 4) is 5.75 Å². The monoisotopic (exact) mass is 303 g/mol. The highest BCUT2D eigenvalue weighted by atomic mass is 32.1. The summed E-state index contributed by atoms with van der Waals surface area (Å²) in [6.07, 6.45) is 1.62. The standard InChI is InChI=1S/C15H10FNO3S/c16-11-6-9-2-1-4-17-13(9)10(7-11)8-20-12-3-5-21-14(12)15(18)19/h1-7H,8H2,(H,18,19). The minimum atomic E-state index is -1.04. The van der Waals surface area contributed by atoms with Crippen molar-refractivity contribution in [3.05, 3.63) is 58.2 Å². The molecule has 0 aliphatic carbocycles. The number of halogens is 1. The number of benzene rings is 1. The van der Waals surface area contributed by atoms with E-state index in [9.17, 15) is 9.18 Å². The predicted molar refractivity (Wildman–Crippen MR) is 77.3 cm³/mol. The van der Waals surface area contributed by atoms with E-state index >= 15 is 0 Å². The first-order valence-corrected chi connectivity index (χ1v) is 7.00. The maximum atomic E-state index is 13.6. The second kappa shape index (κ2) is 5.49. The van der Waals surface area contributed by atoms with E-state index in [2.05, 4.69) is 4.98 Å². The summed E-state index contributed by atoms with van der Waals surface area (Å²) in [6.45, 7) is 0.0578. The summed E-state index contributed by atoms with van der Waals surface area (Å²) in [5.41, 5.74) is 1.22. The molecule has 1 N–H and O–H groups in total. The molecule has 4 nitrogen and oxygen atoms in total. The van der Waals surface area contributed by atoms with Gasteiger partial charge < -0.3 is 9.84 Å². The van der Waals surface area contributed by atoms with Gasteiger partial charge in [0.1, 0.15) is 18.2 Å². The summed E-state index contributed by atoms with van der Waals surface area (Å²) >= 11 is 1.09. The van der Waals surface area contributed by atoms with Gasteiger partial charge in [0, 0.05) is 17.1 Å². The number of carboxylic acids is 1. The summed E-state index contributed by atoms with van der Waals surface area (Å²) < 4.78 is 19.1. The maximum absolute atomic E-state index is 13.6. The molecule has 0 saturated carbocycles. The number of ether oxygens (including phenoxy) is 1. The van der Waals surface area contributed by atoms with Crippen molar-refractivity contribution >= 4 is 28.2 Å². The Morgan fingerprint density at radius 2 is 2.24 bits per heavy atom. The van der Waals surface area contributed by atoms with Gasteiger partial charge in [0.15, 0.2) is 4.88 Å². The van der Waals surface area contributed by atoms with Crippen molar-refractivity contribution in [1.82, 2.24) is 4.98 Å². The molecule has 0 bridgehead atoms. The Morgan fingerprint density at radius 3 is 3.05 bits per heavy atom. The Hall–Kier alpha value is -2.47. The number of aromatic carboxylic acids is 1. The molecule has 106 valence electrons. The van der Waals surface area contributed by atoms with Crippen LogP contribution in [0.3, 0.4) is 0 Å². The molecular formula is C15H10FNO3S. The lowest BCUT2D eigenvalue weighted by atomic mass is 10.1. The molecule has 21 heavy (non-hydrogen) atoms. The fraction of sp³-hybridized carbons (Fsp3) is 0.0667. The number of thiophene rings is 1. The van der Waals surface area contributed by atoms with Gasteiger partial charge in [-0.05, 0) is 29.6 Å². The van der Waals surface area contributed by atoms with Crippen LogP contribution in [-0.4, -0.2) is 16.1 Å². The highest BCUT2D eigenvalue weighted by Gasteiger charge is 2.14. The Kier molecular flexibility index (Phi) is 3.53. The first-order valence-electron chi connectivity index (χ1n) is 6.12. The Labute approximate surface area is 123 Å². The molecule has 0 amide bonds. The van der Waals surface area contributed by atoms with Crippen LogP contribution in [0.25, 0.3) is 10.9 Å². The zero-order valence-electron chi connectivity index (χ0n) is 10.7. The van der Waals surface area contributed by atoms with Gasteiger partial charge in [-0.15, -0.1) is 11.3 Å². The zero-order chi connectivity index (χ0) is 14.8. The first-order chi connectivity index (χ1) is 10.1. The fourth-order valence-corrected chi connectivity index (χ4v) is 2.73. The van der Waals surface area contributed by atoms with Gasteiger partial charge >= 0.3 is 5.97 Å². The summed E-state index contributed by atoms with van der Waals surface area (Å²) in [5.74, 6) is -1.14. The third-order valence-electron chi connectivity index (χ3n) is 2.96. The van der Waals surface area contributed by atoms with Crippen LogP contribution in [-0.2, 0) is 6.61 Å². The highest BCUT2D eigenvalue weighted by Crippen LogP contribution is 2.27. The number of rotatable bonds is 4. The number of hydrogen-bond donors (Lipinski definition) is 1. The Balaban J connectivity index is 1.92. The molecule has 6 heteroatoms. The number of nitrogens with zero attached hydrogens (tertiary/aromatic N) is 1. The smallest absolute Gasteiger partial charge is 0.349 e. The molecule has 0 atom stereocenters. The van der Waals surface area contributed by atoms with Gasteiger partial charge in [0.25, 0.3) is 0 Å². The second-order valence-corrected chi connectivity index (χ2v) is 5.26. The average Bonchev–Trinajstić information content (AvgIpc) is 2.93. The number of carbonyl (C=O) groups is 1. The van der Waals surface area contributed by atoms with E-state index in [1.165, 1.54) is 12.1 Å². The minimum Gasteiger partial charge on any atom is -0.487 e. The summed E-state index contributed by atoms with van der Waals surface area (Å²) in [6, 6.07) is 7.83. The van der Waals surface area contributed by atoms with Gasteiger partial charge in [0.05, 0.1) is 5.52 Å². The molecule has 0 unspecified atom stereocenters. The van der Waals surface area contributed by atoms with Crippen LogP contribution in [0.15, 0.2) is 41.9 Å². The van der Waals surface area contributed by atoms with E-state index in [0.717, 1.165) is 11.3 Å². The van der Waals surface area contributed by atoms with Crippen LogP contribution < -0.4 is 4.74 Å². The molecule has 0 saturated heterocycles. The second-order valence-electron chi connectivity index (χ2n) is 4.35. The lowest BCUT2D eigenvalue weighted by molar-refractivity contribution is 0.0697. The number of fused-ring (bicyclic) bond motifs is 1. The molecule has 3 aromatic rings. The Morgan fingerprint density at radius 1 is 1.38 bits per heavy atom. The minimum absolute atomic E-state index is 0.0578. The molecule has 2 aromatic heterocycles. The molecule has 1 aromatic carbocycles. The lowest BCUT2D eigenvalue weighted by Gasteiger charge is -2.08. The first kappa shape index (κ1) is 13.5. The predicted octanol–water partition coefficient (Wildman–Crippen LogP) is 3.71. The van der Waals surface area contributed by atoms with Gasteiger partial charge in [-0.25, -0.2) is 9.18 Å². The Bertz CT molecular complexity index is 816. The van der Waals surface area contributed by atoms with Crippen LogP contribution in [0.4, 0.5) is 4.39 Å². The molecule has 0 fully saturated rings. The molecule has 0 radical (unpaired) electrons.